The van der Waals surface area contributed by atoms with E-state index in [1.807, 2.05) is 28.8 Å². The minimum absolute atomic E-state index is 0.0780. The molecule has 36 heavy (non-hydrogen) atoms. The standard InChI is InChI=1S/C26H30N4O6/c1-3-36-25(33)22-23(17-8-9-21(34-2)20(31)16-17)30-19-7-5-4-6-18(19)27-26(30)29(24(22)32)11-10-28-12-14-35-15-13-28/h4-9,16,22-23,31H,3,10-15H2,1-2H3/t22-,23+/m0/s1. The van der Waals surface area contributed by atoms with E-state index in [0.29, 0.717) is 49.1 Å². The van der Waals surface area contributed by atoms with E-state index in [4.69, 9.17) is 19.2 Å². The molecule has 1 aromatic heterocycles. The van der Waals surface area contributed by atoms with Crippen molar-refractivity contribution in [3.8, 4) is 11.5 Å². The van der Waals surface area contributed by atoms with E-state index >= 15 is 0 Å². The molecule has 1 fully saturated rings. The van der Waals surface area contributed by atoms with Crippen LogP contribution in [-0.2, 0) is 19.1 Å². The van der Waals surface area contributed by atoms with Crippen molar-refractivity contribution in [1.29, 1.82) is 0 Å². The number of hydrogen-bond acceptors (Lipinski definition) is 8. The maximum Gasteiger partial charge on any atom is 0.321 e. The number of phenolic OH excluding ortho intramolecular Hbond substituents is 1. The first-order chi connectivity index (χ1) is 17.5. The minimum atomic E-state index is -1.15. The number of nitrogens with zero attached hydrogens (tertiary/aromatic N) is 4. The lowest BCUT2D eigenvalue weighted by atomic mass is 9.89. The van der Waals surface area contributed by atoms with Crippen LogP contribution >= 0.6 is 0 Å². The van der Waals surface area contributed by atoms with Gasteiger partial charge in [-0.15, -0.1) is 0 Å². The first-order valence-electron chi connectivity index (χ1n) is 12.2. The second-order valence-corrected chi connectivity index (χ2v) is 8.82. The van der Waals surface area contributed by atoms with Crippen molar-refractivity contribution in [3.05, 3.63) is 48.0 Å². The number of fused-ring (bicyclic) bond motifs is 3. The number of carbonyl (C=O) groups excluding carboxylic acids is 2. The molecule has 3 heterocycles. The number of ether oxygens (including phenoxy) is 3. The number of amides is 1. The van der Waals surface area contributed by atoms with Crippen LogP contribution in [-0.4, -0.2) is 84.5 Å². The van der Waals surface area contributed by atoms with Crippen LogP contribution in [0.25, 0.3) is 11.0 Å². The van der Waals surface area contributed by atoms with Crippen LogP contribution in [0.2, 0.25) is 0 Å². The van der Waals surface area contributed by atoms with Crippen molar-refractivity contribution in [3.63, 3.8) is 0 Å². The summed E-state index contributed by atoms with van der Waals surface area (Å²) < 4.78 is 18.0. The average Bonchev–Trinajstić information content (AvgIpc) is 3.27. The number of esters is 1. The summed E-state index contributed by atoms with van der Waals surface area (Å²) >= 11 is 0. The number of morpholine rings is 1. The SMILES string of the molecule is CCOC(=O)[C@@H]1C(=O)N(CCN2CCOCC2)c2nc3ccccc3n2[C@@H]1c1ccc(OC)c(O)c1. The van der Waals surface area contributed by atoms with Crippen LogP contribution in [0.1, 0.15) is 18.5 Å². The third-order valence-corrected chi connectivity index (χ3v) is 6.77. The van der Waals surface area contributed by atoms with E-state index in [9.17, 15) is 14.7 Å². The molecule has 0 saturated carbocycles. The topological polar surface area (TPSA) is 106 Å². The molecule has 1 N–H and O–H groups in total. The van der Waals surface area contributed by atoms with Gasteiger partial charge in [-0.3, -0.25) is 19.4 Å². The van der Waals surface area contributed by atoms with Crippen molar-refractivity contribution in [1.82, 2.24) is 14.5 Å². The van der Waals surface area contributed by atoms with Crippen molar-refractivity contribution in [2.24, 2.45) is 5.92 Å². The molecule has 0 radical (unpaired) electrons. The molecule has 0 spiro atoms. The number of imidazole rings is 1. The Morgan fingerprint density at radius 1 is 1.17 bits per heavy atom. The van der Waals surface area contributed by atoms with Gasteiger partial charge in [0.2, 0.25) is 11.9 Å². The van der Waals surface area contributed by atoms with Gasteiger partial charge in [0.05, 0.1) is 44.0 Å². The van der Waals surface area contributed by atoms with Crippen LogP contribution in [0.4, 0.5) is 5.95 Å². The molecule has 1 amide bonds. The summed E-state index contributed by atoms with van der Waals surface area (Å²) in [7, 11) is 1.47. The molecule has 0 unspecified atom stereocenters. The number of carbonyl (C=O) groups is 2. The van der Waals surface area contributed by atoms with Crippen molar-refractivity contribution in [2.75, 3.05) is 58.0 Å². The largest absolute Gasteiger partial charge is 0.504 e. The van der Waals surface area contributed by atoms with E-state index in [0.717, 1.165) is 18.6 Å². The van der Waals surface area contributed by atoms with Gasteiger partial charge in [0.15, 0.2) is 17.4 Å². The number of para-hydroxylation sites is 2. The number of phenols is 1. The number of aromatic hydroxyl groups is 1. The van der Waals surface area contributed by atoms with Crippen molar-refractivity contribution < 1.29 is 28.9 Å². The number of benzene rings is 2. The van der Waals surface area contributed by atoms with Gasteiger partial charge in [0.25, 0.3) is 0 Å². The second-order valence-electron chi connectivity index (χ2n) is 8.82. The quantitative estimate of drug-likeness (QED) is 0.394. The van der Waals surface area contributed by atoms with E-state index in [-0.39, 0.29) is 18.3 Å². The maximum atomic E-state index is 14.0. The molecule has 3 aromatic rings. The molecular formula is C26H30N4O6. The van der Waals surface area contributed by atoms with Gasteiger partial charge in [0, 0.05) is 26.2 Å². The predicted octanol–water partition coefficient (Wildman–Crippen LogP) is 2.20. The summed E-state index contributed by atoms with van der Waals surface area (Å²) in [6.45, 7) is 5.74. The highest BCUT2D eigenvalue weighted by molar-refractivity contribution is 6.08. The molecule has 2 aromatic carbocycles. The third kappa shape index (κ3) is 4.27. The molecule has 2 atom stereocenters. The van der Waals surface area contributed by atoms with Gasteiger partial charge in [0.1, 0.15) is 0 Å². The molecule has 2 aliphatic heterocycles. The fourth-order valence-corrected chi connectivity index (χ4v) is 5.02. The van der Waals surface area contributed by atoms with Crippen molar-refractivity contribution in [2.45, 2.75) is 13.0 Å². The van der Waals surface area contributed by atoms with Crippen LogP contribution in [0, 0.1) is 5.92 Å². The highest BCUT2D eigenvalue weighted by Crippen LogP contribution is 2.43. The van der Waals surface area contributed by atoms with E-state index in [1.165, 1.54) is 13.2 Å². The molecule has 2 aliphatic rings. The third-order valence-electron chi connectivity index (χ3n) is 6.77. The highest BCUT2D eigenvalue weighted by atomic mass is 16.5. The number of methoxy groups -OCH3 is 1. The normalized spacial score (nSPS) is 20.4. The molecule has 10 heteroatoms. The zero-order chi connectivity index (χ0) is 25.2. The van der Waals surface area contributed by atoms with E-state index in [1.54, 1.807) is 24.0 Å². The summed E-state index contributed by atoms with van der Waals surface area (Å²) in [5.41, 5.74) is 2.08. The zero-order valence-electron chi connectivity index (χ0n) is 20.4. The van der Waals surface area contributed by atoms with Crippen LogP contribution in [0.5, 0.6) is 11.5 Å². The summed E-state index contributed by atoms with van der Waals surface area (Å²) in [5.74, 6) is -1.43. The lowest BCUT2D eigenvalue weighted by molar-refractivity contribution is -0.153. The fourth-order valence-electron chi connectivity index (χ4n) is 5.02. The Kier molecular flexibility index (Phi) is 6.80. The number of hydrogen-bond donors (Lipinski definition) is 1. The number of aromatic nitrogens is 2. The molecule has 1 saturated heterocycles. The summed E-state index contributed by atoms with van der Waals surface area (Å²) in [6.07, 6.45) is 0. The van der Waals surface area contributed by atoms with Gasteiger partial charge in [-0.05, 0) is 36.8 Å². The Bertz CT molecular complexity index is 1270. The minimum Gasteiger partial charge on any atom is -0.504 e. The maximum absolute atomic E-state index is 14.0. The summed E-state index contributed by atoms with van der Waals surface area (Å²) in [5, 5.41) is 10.5. The Labute approximate surface area is 209 Å². The lowest BCUT2D eigenvalue weighted by Gasteiger charge is -2.39. The van der Waals surface area contributed by atoms with Gasteiger partial charge in [-0.1, -0.05) is 18.2 Å². The van der Waals surface area contributed by atoms with Crippen molar-refractivity contribution >= 4 is 28.9 Å². The molecule has 0 bridgehead atoms. The summed E-state index contributed by atoms with van der Waals surface area (Å²) in [4.78, 5) is 35.9. The molecule has 190 valence electrons. The van der Waals surface area contributed by atoms with E-state index < -0.39 is 17.9 Å². The Morgan fingerprint density at radius 2 is 1.94 bits per heavy atom. The van der Waals surface area contributed by atoms with Crippen LogP contribution < -0.4 is 9.64 Å². The lowest BCUT2D eigenvalue weighted by Crippen LogP contribution is -2.52. The van der Waals surface area contributed by atoms with Crippen LogP contribution in [0.15, 0.2) is 42.5 Å². The highest BCUT2D eigenvalue weighted by Gasteiger charge is 2.48. The fraction of sp³-hybridized carbons (Fsp3) is 0.423. The Hall–Kier alpha value is -3.63. The summed E-state index contributed by atoms with van der Waals surface area (Å²) in [6, 6.07) is 11.7. The monoisotopic (exact) mass is 494 g/mol. The van der Waals surface area contributed by atoms with Gasteiger partial charge in [-0.2, -0.15) is 0 Å². The molecule has 10 nitrogen and oxygen atoms in total. The molecule has 0 aliphatic carbocycles. The Morgan fingerprint density at radius 3 is 2.67 bits per heavy atom. The number of rotatable bonds is 7. The first kappa shape index (κ1) is 24.1. The van der Waals surface area contributed by atoms with Crippen LogP contribution in [0.3, 0.4) is 0 Å². The predicted molar refractivity (Wildman–Crippen MR) is 132 cm³/mol. The zero-order valence-corrected chi connectivity index (χ0v) is 20.4. The smallest absolute Gasteiger partial charge is 0.321 e. The molecular weight excluding hydrogens is 464 g/mol. The number of anilines is 1. The average molecular weight is 495 g/mol. The van der Waals surface area contributed by atoms with E-state index in [2.05, 4.69) is 4.90 Å². The molecule has 5 rings (SSSR count). The second kappa shape index (κ2) is 10.2. The first-order valence-corrected chi connectivity index (χ1v) is 12.2. The Balaban J connectivity index is 1.64. The van der Waals surface area contributed by atoms with Gasteiger partial charge >= 0.3 is 5.97 Å². The van der Waals surface area contributed by atoms with Gasteiger partial charge in [-0.25, -0.2) is 4.98 Å². The van der Waals surface area contributed by atoms with Gasteiger partial charge < -0.3 is 23.9 Å².